The second kappa shape index (κ2) is 11.3. The van der Waals surface area contributed by atoms with Crippen molar-refractivity contribution in [1.29, 1.82) is 0 Å². The Morgan fingerprint density at radius 2 is 1.56 bits per heavy atom. The summed E-state index contributed by atoms with van der Waals surface area (Å²) in [5.41, 5.74) is 5.01. The molecule has 2 aliphatic rings. The van der Waals surface area contributed by atoms with Crippen LogP contribution in [0.3, 0.4) is 0 Å². The van der Waals surface area contributed by atoms with Gasteiger partial charge in [0.2, 0.25) is 0 Å². The van der Waals surface area contributed by atoms with Gasteiger partial charge in [0.1, 0.15) is 5.82 Å². The van der Waals surface area contributed by atoms with E-state index in [9.17, 15) is 9.18 Å². The standard InChI is InChI=1S/C32H32ClFN4O/c33-27-8-12-29(13-9-27)38-31(25-14-17-36(18-15-25)21-23-6-10-28(34)11-7-23)30(20-35-38)32(39)37-19-16-26(22-37)24-4-2-1-3-5-24/h1-13,20,25-26H,14-19,21-22H2. The molecule has 200 valence electrons. The third-order valence-electron chi connectivity index (χ3n) is 8.15. The van der Waals surface area contributed by atoms with Crippen molar-refractivity contribution in [3.05, 3.63) is 118 Å². The lowest BCUT2D eigenvalue weighted by molar-refractivity contribution is 0.0788. The Balaban J connectivity index is 1.23. The van der Waals surface area contributed by atoms with Gasteiger partial charge >= 0.3 is 0 Å². The zero-order chi connectivity index (χ0) is 26.8. The monoisotopic (exact) mass is 542 g/mol. The summed E-state index contributed by atoms with van der Waals surface area (Å²) in [5.74, 6) is 0.425. The lowest BCUT2D eigenvalue weighted by atomic mass is 9.90. The topological polar surface area (TPSA) is 41.4 Å². The number of nitrogens with zero attached hydrogens (tertiary/aromatic N) is 4. The highest BCUT2D eigenvalue weighted by Gasteiger charge is 2.34. The summed E-state index contributed by atoms with van der Waals surface area (Å²) < 4.78 is 15.3. The number of likely N-dealkylation sites (tertiary alicyclic amines) is 2. The van der Waals surface area contributed by atoms with Crippen molar-refractivity contribution in [2.45, 2.75) is 37.6 Å². The highest BCUT2D eigenvalue weighted by molar-refractivity contribution is 6.30. The van der Waals surface area contributed by atoms with Crippen LogP contribution in [-0.4, -0.2) is 51.7 Å². The zero-order valence-corrected chi connectivity index (χ0v) is 22.6. The molecule has 7 heteroatoms. The van der Waals surface area contributed by atoms with Crippen molar-refractivity contribution in [1.82, 2.24) is 19.6 Å². The van der Waals surface area contributed by atoms with Crippen LogP contribution in [0.5, 0.6) is 0 Å². The summed E-state index contributed by atoms with van der Waals surface area (Å²) in [4.78, 5) is 18.3. The van der Waals surface area contributed by atoms with Gasteiger partial charge in [-0.25, -0.2) is 9.07 Å². The number of halogens is 2. The van der Waals surface area contributed by atoms with Gasteiger partial charge in [0.05, 0.1) is 23.1 Å². The van der Waals surface area contributed by atoms with E-state index in [4.69, 9.17) is 16.7 Å². The fraction of sp³-hybridized carbons (Fsp3) is 0.312. The molecule has 1 amide bonds. The van der Waals surface area contributed by atoms with Crippen molar-refractivity contribution >= 4 is 17.5 Å². The van der Waals surface area contributed by atoms with Crippen LogP contribution in [0.1, 0.15) is 58.3 Å². The Morgan fingerprint density at radius 3 is 2.28 bits per heavy atom. The quantitative estimate of drug-likeness (QED) is 0.273. The van der Waals surface area contributed by atoms with Gasteiger partial charge in [-0.2, -0.15) is 5.10 Å². The Kier molecular flexibility index (Phi) is 7.49. The van der Waals surface area contributed by atoms with Crippen molar-refractivity contribution in [3.63, 3.8) is 0 Å². The normalized spacial score (nSPS) is 18.5. The molecule has 0 radical (unpaired) electrons. The predicted octanol–water partition coefficient (Wildman–Crippen LogP) is 6.67. The van der Waals surface area contributed by atoms with Crippen molar-refractivity contribution in [3.8, 4) is 5.69 Å². The van der Waals surface area contributed by atoms with Crippen LogP contribution in [0.2, 0.25) is 5.02 Å². The number of hydrogen-bond acceptors (Lipinski definition) is 3. The van der Waals surface area contributed by atoms with E-state index < -0.39 is 0 Å². The van der Waals surface area contributed by atoms with Gasteiger partial charge in [0.25, 0.3) is 5.91 Å². The maximum atomic E-state index is 13.9. The van der Waals surface area contributed by atoms with Crippen LogP contribution in [0, 0.1) is 5.82 Å². The summed E-state index contributed by atoms with van der Waals surface area (Å²) in [6, 6.07) is 24.9. The smallest absolute Gasteiger partial charge is 0.257 e. The SMILES string of the molecule is O=C(c1cnn(-c2ccc(Cl)cc2)c1C1CCN(Cc2ccc(F)cc2)CC1)N1CCC(c2ccccc2)C1. The van der Waals surface area contributed by atoms with Gasteiger partial charge in [-0.05, 0) is 79.9 Å². The summed E-state index contributed by atoms with van der Waals surface area (Å²) in [5, 5.41) is 5.40. The molecule has 0 saturated carbocycles. The first-order valence-corrected chi connectivity index (χ1v) is 14.1. The number of rotatable bonds is 6. The maximum absolute atomic E-state index is 13.9. The number of amides is 1. The number of piperidine rings is 1. The molecule has 0 bridgehead atoms. The first-order chi connectivity index (χ1) is 19.0. The van der Waals surface area contributed by atoms with Crippen LogP contribution in [-0.2, 0) is 6.54 Å². The Labute approximate surface area is 233 Å². The van der Waals surface area contributed by atoms with Crippen LogP contribution < -0.4 is 0 Å². The Morgan fingerprint density at radius 1 is 0.872 bits per heavy atom. The lowest BCUT2D eigenvalue weighted by Gasteiger charge is -2.33. The largest absolute Gasteiger partial charge is 0.338 e. The van der Waals surface area contributed by atoms with Gasteiger partial charge in [-0.3, -0.25) is 9.69 Å². The summed E-state index contributed by atoms with van der Waals surface area (Å²) in [7, 11) is 0. The Hall–Kier alpha value is -3.48. The van der Waals surface area contributed by atoms with E-state index in [1.165, 1.54) is 17.7 Å². The molecule has 1 unspecified atom stereocenters. The third kappa shape index (κ3) is 5.63. The second-order valence-electron chi connectivity index (χ2n) is 10.7. The first kappa shape index (κ1) is 25.8. The molecule has 0 spiro atoms. The molecule has 0 aliphatic carbocycles. The molecule has 2 fully saturated rings. The van der Waals surface area contributed by atoms with E-state index in [2.05, 4.69) is 29.2 Å². The van der Waals surface area contributed by atoms with Crippen LogP contribution in [0.4, 0.5) is 4.39 Å². The van der Waals surface area contributed by atoms with Gasteiger partial charge in [-0.1, -0.05) is 54.1 Å². The van der Waals surface area contributed by atoms with Gasteiger partial charge in [0.15, 0.2) is 0 Å². The van der Waals surface area contributed by atoms with Crippen LogP contribution in [0.25, 0.3) is 5.69 Å². The predicted molar refractivity (Wildman–Crippen MR) is 152 cm³/mol. The third-order valence-corrected chi connectivity index (χ3v) is 8.40. The number of carbonyl (C=O) groups is 1. The molecular weight excluding hydrogens is 511 g/mol. The molecule has 3 heterocycles. The molecule has 0 N–H and O–H groups in total. The van der Waals surface area contributed by atoms with Gasteiger partial charge in [0, 0.05) is 36.5 Å². The second-order valence-corrected chi connectivity index (χ2v) is 11.1. The number of carbonyl (C=O) groups excluding carboxylic acids is 1. The molecular formula is C32H32ClFN4O. The van der Waals surface area contributed by atoms with Crippen molar-refractivity contribution < 1.29 is 9.18 Å². The molecule has 1 atom stereocenters. The summed E-state index contributed by atoms with van der Waals surface area (Å²) in [6.07, 6.45) is 4.58. The fourth-order valence-corrected chi connectivity index (χ4v) is 6.15. The minimum absolute atomic E-state index is 0.0670. The molecule has 6 rings (SSSR count). The minimum Gasteiger partial charge on any atom is -0.338 e. The molecule has 4 aromatic rings. The average Bonchev–Trinajstić information content (AvgIpc) is 3.64. The van der Waals surface area contributed by atoms with E-state index in [1.807, 2.05) is 52.0 Å². The maximum Gasteiger partial charge on any atom is 0.257 e. The van der Waals surface area contributed by atoms with Gasteiger partial charge in [-0.15, -0.1) is 0 Å². The van der Waals surface area contributed by atoms with Gasteiger partial charge < -0.3 is 4.90 Å². The number of hydrogen-bond donors (Lipinski definition) is 0. The Bertz CT molecular complexity index is 1410. The number of benzene rings is 3. The molecule has 3 aromatic carbocycles. The zero-order valence-electron chi connectivity index (χ0n) is 21.8. The first-order valence-electron chi connectivity index (χ1n) is 13.7. The average molecular weight is 543 g/mol. The van der Waals surface area contributed by atoms with Crippen LogP contribution >= 0.6 is 11.6 Å². The van der Waals surface area contributed by atoms with E-state index in [0.717, 1.165) is 68.9 Å². The highest BCUT2D eigenvalue weighted by Crippen LogP contribution is 2.35. The van der Waals surface area contributed by atoms with E-state index in [0.29, 0.717) is 16.5 Å². The fourth-order valence-electron chi connectivity index (χ4n) is 6.03. The lowest BCUT2D eigenvalue weighted by Crippen LogP contribution is -2.34. The summed E-state index contributed by atoms with van der Waals surface area (Å²) >= 11 is 6.17. The minimum atomic E-state index is -0.210. The molecule has 5 nitrogen and oxygen atoms in total. The molecule has 2 aliphatic heterocycles. The van der Waals surface area contributed by atoms with Crippen LogP contribution in [0.15, 0.2) is 85.1 Å². The highest BCUT2D eigenvalue weighted by atomic mass is 35.5. The molecule has 1 aromatic heterocycles. The molecule has 39 heavy (non-hydrogen) atoms. The van der Waals surface area contributed by atoms with E-state index in [-0.39, 0.29) is 17.6 Å². The number of aromatic nitrogens is 2. The molecule has 2 saturated heterocycles. The summed E-state index contributed by atoms with van der Waals surface area (Å²) in [6.45, 7) is 4.08. The van der Waals surface area contributed by atoms with Crippen molar-refractivity contribution in [2.24, 2.45) is 0 Å². The van der Waals surface area contributed by atoms with E-state index in [1.54, 1.807) is 6.20 Å². The van der Waals surface area contributed by atoms with E-state index >= 15 is 0 Å². The van der Waals surface area contributed by atoms with Crippen molar-refractivity contribution in [2.75, 3.05) is 26.2 Å².